The van der Waals surface area contributed by atoms with Crippen LogP contribution in [0.5, 0.6) is 0 Å². The number of benzene rings is 2. The molecule has 1 aliphatic rings. The van der Waals surface area contributed by atoms with Gasteiger partial charge in [-0.1, -0.05) is 48.0 Å². The molecule has 26 heavy (non-hydrogen) atoms. The lowest BCUT2D eigenvalue weighted by molar-refractivity contribution is -0.131. The summed E-state index contributed by atoms with van der Waals surface area (Å²) in [6, 6.07) is 18.4. The Kier molecular flexibility index (Phi) is 4.57. The molecular formula is C22H22N2O2. The largest absolute Gasteiger partial charge is 0.444 e. The predicted molar refractivity (Wildman–Crippen MR) is 101 cm³/mol. The normalized spacial score (nSPS) is 16.8. The van der Waals surface area contributed by atoms with Crippen LogP contribution >= 0.6 is 0 Å². The van der Waals surface area contributed by atoms with Crippen molar-refractivity contribution in [1.29, 1.82) is 0 Å². The molecule has 132 valence electrons. The second-order valence-corrected chi connectivity index (χ2v) is 6.85. The van der Waals surface area contributed by atoms with E-state index in [0.717, 1.165) is 24.9 Å². The number of likely N-dealkylation sites (tertiary alicyclic amines) is 1. The minimum Gasteiger partial charge on any atom is -0.444 e. The third-order valence-electron chi connectivity index (χ3n) is 4.90. The fourth-order valence-corrected chi connectivity index (χ4v) is 3.65. The fourth-order valence-electron chi connectivity index (χ4n) is 3.65. The molecule has 1 aromatic heterocycles. The van der Waals surface area contributed by atoms with Gasteiger partial charge in [-0.15, -0.1) is 0 Å². The van der Waals surface area contributed by atoms with Gasteiger partial charge in [0.25, 0.3) is 0 Å². The van der Waals surface area contributed by atoms with Crippen molar-refractivity contribution in [2.24, 2.45) is 0 Å². The first-order chi connectivity index (χ1) is 12.7. The Morgan fingerprint density at radius 2 is 2.04 bits per heavy atom. The summed E-state index contributed by atoms with van der Waals surface area (Å²) in [5, 5.41) is 0. The van der Waals surface area contributed by atoms with E-state index in [1.165, 1.54) is 11.1 Å². The molecule has 1 amide bonds. The molecule has 0 N–H and O–H groups in total. The molecule has 4 rings (SSSR count). The average molecular weight is 346 g/mol. The van der Waals surface area contributed by atoms with Gasteiger partial charge in [-0.25, -0.2) is 4.98 Å². The zero-order valence-electron chi connectivity index (χ0n) is 14.9. The van der Waals surface area contributed by atoms with Crippen molar-refractivity contribution in [2.45, 2.75) is 32.2 Å². The Morgan fingerprint density at radius 1 is 1.19 bits per heavy atom. The Hall–Kier alpha value is -2.88. The van der Waals surface area contributed by atoms with Crippen molar-refractivity contribution < 1.29 is 9.21 Å². The Balaban J connectivity index is 1.48. The molecule has 3 aromatic rings. The van der Waals surface area contributed by atoms with Crippen LogP contribution in [0.3, 0.4) is 0 Å². The van der Waals surface area contributed by atoms with E-state index in [1.54, 1.807) is 6.26 Å². The number of rotatable bonds is 4. The van der Waals surface area contributed by atoms with Crippen LogP contribution < -0.4 is 0 Å². The third-order valence-corrected chi connectivity index (χ3v) is 4.90. The van der Waals surface area contributed by atoms with Crippen molar-refractivity contribution in [1.82, 2.24) is 9.88 Å². The third kappa shape index (κ3) is 3.40. The molecule has 0 radical (unpaired) electrons. The Bertz CT molecular complexity index is 901. The summed E-state index contributed by atoms with van der Waals surface area (Å²) >= 11 is 0. The van der Waals surface area contributed by atoms with Gasteiger partial charge in [0.15, 0.2) is 0 Å². The van der Waals surface area contributed by atoms with Crippen LogP contribution in [0.25, 0.3) is 11.5 Å². The number of carbonyl (C=O) groups is 1. The highest BCUT2D eigenvalue weighted by Gasteiger charge is 2.30. The van der Waals surface area contributed by atoms with Crippen molar-refractivity contribution in [3.8, 4) is 11.5 Å². The SMILES string of the molecule is Cc1cccc([C@@H]2CCCN2C(=O)Cc2coc(-c3ccccc3)n2)c1. The molecule has 0 unspecified atom stereocenters. The standard InChI is InChI=1S/C22H22N2O2/c1-16-7-5-10-18(13-16)20-11-6-12-24(20)21(25)14-19-15-26-22(23-19)17-8-3-2-4-9-17/h2-5,7-10,13,15,20H,6,11-12,14H2,1H3/t20-/m0/s1. The van der Waals surface area contributed by atoms with E-state index in [2.05, 4.69) is 36.2 Å². The first-order valence-electron chi connectivity index (χ1n) is 9.06. The van der Waals surface area contributed by atoms with E-state index in [1.807, 2.05) is 35.2 Å². The highest BCUT2D eigenvalue weighted by molar-refractivity contribution is 5.79. The van der Waals surface area contributed by atoms with Gasteiger partial charge >= 0.3 is 0 Å². The lowest BCUT2D eigenvalue weighted by atomic mass is 10.0. The van der Waals surface area contributed by atoms with Crippen LogP contribution in [0, 0.1) is 6.92 Å². The predicted octanol–water partition coefficient (Wildman–Crippen LogP) is 4.56. The minimum atomic E-state index is 0.113. The van der Waals surface area contributed by atoms with Gasteiger partial charge in [0.2, 0.25) is 11.8 Å². The molecule has 0 spiro atoms. The van der Waals surface area contributed by atoms with Crippen LogP contribution in [0.15, 0.2) is 65.3 Å². The number of oxazole rings is 1. The smallest absolute Gasteiger partial charge is 0.229 e. The maximum atomic E-state index is 12.9. The average Bonchev–Trinajstić information content (AvgIpc) is 3.32. The molecule has 2 heterocycles. The van der Waals surface area contributed by atoms with Crippen molar-refractivity contribution in [2.75, 3.05) is 6.54 Å². The number of hydrogen-bond acceptors (Lipinski definition) is 3. The lowest BCUT2D eigenvalue weighted by Gasteiger charge is -2.25. The minimum absolute atomic E-state index is 0.113. The maximum Gasteiger partial charge on any atom is 0.229 e. The van der Waals surface area contributed by atoms with E-state index in [-0.39, 0.29) is 18.4 Å². The van der Waals surface area contributed by atoms with Crippen LogP contribution in [0.2, 0.25) is 0 Å². The van der Waals surface area contributed by atoms with Crippen molar-refractivity contribution >= 4 is 5.91 Å². The Labute approximate surface area is 153 Å². The summed E-state index contributed by atoms with van der Waals surface area (Å²) in [5.74, 6) is 0.673. The lowest BCUT2D eigenvalue weighted by Crippen LogP contribution is -2.31. The van der Waals surface area contributed by atoms with Crippen LogP contribution in [0.4, 0.5) is 0 Å². The van der Waals surface area contributed by atoms with E-state index in [4.69, 9.17) is 4.42 Å². The first kappa shape index (κ1) is 16.6. The van der Waals surface area contributed by atoms with Crippen molar-refractivity contribution in [3.63, 3.8) is 0 Å². The number of carbonyl (C=O) groups excluding carboxylic acids is 1. The summed E-state index contributed by atoms with van der Waals surface area (Å²) in [6.45, 7) is 2.89. The molecule has 1 aliphatic heterocycles. The summed E-state index contributed by atoms with van der Waals surface area (Å²) in [7, 11) is 0. The number of nitrogens with zero attached hydrogens (tertiary/aromatic N) is 2. The summed E-state index contributed by atoms with van der Waals surface area (Å²) < 4.78 is 5.56. The molecule has 1 atom stereocenters. The second kappa shape index (κ2) is 7.16. The van der Waals surface area contributed by atoms with Crippen LogP contribution in [0.1, 0.15) is 35.7 Å². The molecule has 1 fully saturated rings. The van der Waals surface area contributed by atoms with Gasteiger partial charge in [0, 0.05) is 12.1 Å². The van der Waals surface area contributed by atoms with E-state index >= 15 is 0 Å². The van der Waals surface area contributed by atoms with Crippen LogP contribution in [-0.4, -0.2) is 22.3 Å². The van der Waals surface area contributed by atoms with Crippen LogP contribution in [-0.2, 0) is 11.2 Å². The molecule has 0 saturated carbocycles. The molecule has 0 aliphatic carbocycles. The van der Waals surface area contributed by atoms with Gasteiger partial charge in [0.1, 0.15) is 6.26 Å². The molecular weight excluding hydrogens is 324 g/mol. The number of hydrogen-bond donors (Lipinski definition) is 0. The fraction of sp³-hybridized carbons (Fsp3) is 0.273. The number of aromatic nitrogens is 1. The molecule has 1 saturated heterocycles. The van der Waals surface area contributed by atoms with Gasteiger partial charge in [0.05, 0.1) is 18.2 Å². The maximum absolute atomic E-state index is 12.9. The highest BCUT2D eigenvalue weighted by atomic mass is 16.3. The van der Waals surface area contributed by atoms with Gasteiger partial charge < -0.3 is 9.32 Å². The molecule has 4 heteroatoms. The molecule has 2 aromatic carbocycles. The monoisotopic (exact) mass is 346 g/mol. The number of amides is 1. The molecule has 0 bridgehead atoms. The van der Waals surface area contributed by atoms with Gasteiger partial charge in [-0.2, -0.15) is 0 Å². The zero-order valence-corrected chi connectivity index (χ0v) is 14.9. The van der Waals surface area contributed by atoms with E-state index in [9.17, 15) is 4.79 Å². The van der Waals surface area contributed by atoms with Crippen molar-refractivity contribution in [3.05, 3.63) is 77.7 Å². The summed E-state index contributed by atoms with van der Waals surface area (Å²) in [4.78, 5) is 19.4. The zero-order chi connectivity index (χ0) is 17.9. The number of aryl methyl sites for hydroxylation is 1. The first-order valence-corrected chi connectivity index (χ1v) is 9.06. The second-order valence-electron chi connectivity index (χ2n) is 6.85. The summed E-state index contributed by atoms with van der Waals surface area (Å²) in [6.07, 6.45) is 3.93. The topological polar surface area (TPSA) is 46.3 Å². The quantitative estimate of drug-likeness (QED) is 0.696. The molecule has 4 nitrogen and oxygen atoms in total. The van der Waals surface area contributed by atoms with E-state index < -0.39 is 0 Å². The van der Waals surface area contributed by atoms with E-state index in [0.29, 0.717) is 11.6 Å². The highest BCUT2D eigenvalue weighted by Crippen LogP contribution is 2.32. The summed E-state index contributed by atoms with van der Waals surface area (Å²) in [5.41, 5.74) is 4.06. The van der Waals surface area contributed by atoms with Gasteiger partial charge in [-0.05, 0) is 37.5 Å². The Morgan fingerprint density at radius 3 is 2.85 bits per heavy atom. The van der Waals surface area contributed by atoms with Gasteiger partial charge in [-0.3, -0.25) is 4.79 Å².